The Bertz CT molecular complexity index is 405. The molecule has 0 saturated heterocycles. The first-order valence-electron chi connectivity index (χ1n) is 4.87. The van der Waals surface area contributed by atoms with Crippen LogP contribution in [0.4, 0.5) is 0 Å². The van der Waals surface area contributed by atoms with Gasteiger partial charge in [0.05, 0.1) is 15.1 Å². The largest absolute Gasteiger partial charge is 0.481 e. The van der Waals surface area contributed by atoms with Crippen molar-refractivity contribution in [2.75, 3.05) is 0 Å². The number of aliphatic carboxylic acids is 1. The molecule has 1 heterocycles. The fraction of sp³-hybridized carbons (Fsp3) is 0.455. The second-order valence-electron chi connectivity index (χ2n) is 3.85. The summed E-state index contributed by atoms with van der Waals surface area (Å²) in [7, 11) is 0. The third-order valence-corrected chi connectivity index (χ3v) is 4.22. The van der Waals surface area contributed by atoms with Gasteiger partial charge >= 0.3 is 5.97 Å². The Morgan fingerprint density at radius 2 is 1.94 bits per heavy atom. The van der Waals surface area contributed by atoms with E-state index in [0.717, 1.165) is 5.56 Å². The number of hydrogen-bond acceptors (Lipinski definition) is 3. The molecule has 0 aliphatic rings. The number of aryl methyl sites for hydroxylation is 1. The number of Topliss-reactive ketones (excluding diaryl/α,β-unsaturated/α-hetero) is 1. The Labute approximate surface area is 103 Å². The van der Waals surface area contributed by atoms with Gasteiger partial charge < -0.3 is 5.11 Å². The molecule has 16 heavy (non-hydrogen) atoms. The van der Waals surface area contributed by atoms with Crippen LogP contribution in [0.3, 0.4) is 0 Å². The van der Waals surface area contributed by atoms with Crippen molar-refractivity contribution in [3.05, 3.63) is 20.8 Å². The summed E-state index contributed by atoms with van der Waals surface area (Å²) in [4.78, 5) is 23.2. The lowest BCUT2D eigenvalue weighted by atomic mass is 9.91. The molecule has 0 radical (unpaired) electrons. The molecule has 0 amide bonds. The zero-order chi connectivity index (χ0) is 12.5. The molecule has 1 rings (SSSR count). The fourth-order valence-corrected chi connectivity index (χ4v) is 2.49. The zero-order valence-corrected chi connectivity index (χ0v) is 10.9. The number of ketones is 1. The molecule has 3 nitrogen and oxygen atoms in total. The molecule has 1 aromatic heterocycles. The van der Waals surface area contributed by atoms with Crippen LogP contribution in [0.1, 0.15) is 29.1 Å². The van der Waals surface area contributed by atoms with Crippen molar-refractivity contribution in [3.63, 3.8) is 0 Å². The summed E-state index contributed by atoms with van der Waals surface area (Å²) in [6.45, 7) is 4.98. The van der Waals surface area contributed by atoms with Crippen LogP contribution in [-0.4, -0.2) is 16.9 Å². The minimum Gasteiger partial charge on any atom is -0.481 e. The molecule has 1 aromatic rings. The van der Waals surface area contributed by atoms with Gasteiger partial charge in [-0.2, -0.15) is 0 Å². The SMILES string of the molecule is Cc1cc(C(=O)C(C)C(C)C(=O)O)sc1Cl. The molecular formula is C11H13ClO3S. The third kappa shape index (κ3) is 2.62. The first kappa shape index (κ1) is 13.2. The van der Waals surface area contributed by atoms with Gasteiger partial charge in [0.15, 0.2) is 5.78 Å². The molecule has 0 fully saturated rings. The standard InChI is InChI=1S/C11H13ClO3S/c1-5-4-8(16-10(5)12)9(13)6(2)7(3)11(14)15/h4,6-7H,1-3H3,(H,14,15). The van der Waals surface area contributed by atoms with Gasteiger partial charge in [0.1, 0.15) is 0 Å². The summed E-state index contributed by atoms with van der Waals surface area (Å²) < 4.78 is 0.582. The van der Waals surface area contributed by atoms with Crippen molar-refractivity contribution in [2.24, 2.45) is 11.8 Å². The number of carboxylic acid groups (broad SMARTS) is 1. The second kappa shape index (κ2) is 4.97. The van der Waals surface area contributed by atoms with E-state index in [9.17, 15) is 9.59 Å². The van der Waals surface area contributed by atoms with E-state index < -0.39 is 17.8 Å². The highest BCUT2D eigenvalue weighted by molar-refractivity contribution is 7.18. The van der Waals surface area contributed by atoms with E-state index in [1.54, 1.807) is 13.0 Å². The average molecular weight is 261 g/mol. The molecule has 0 saturated carbocycles. The van der Waals surface area contributed by atoms with Crippen molar-refractivity contribution < 1.29 is 14.7 Å². The van der Waals surface area contributed by atoms with Gasteiger partial charge in [0, 0.05) is 5.92 Å². The van der Waals surface area contributed by atoms with Gasteiger partial charge in [-0.3, -0.25) is 9.59 Å². The Hall–Kier alpha value is -0.870. The van der Waals surface area contributed by atoms with E-state index in [1.165, 1.54) is 18.3 Å². The van der Waals surface area contributed by atoms with Crippen molar-refractivity contribution in [1.29, 1.82) is 0 Å². The summed E-state index contributed by atoms with van der Waals surface area (Å²) in [5.74, 6) is -2.34. The average Bonchev–Trinajstić information content (AvgIpc) is 2.55. The number of rotatable bonds is 4. The first-order valence-corrected chi connectivity index (χ1v) is 6.07. The number of thiophene rings is 1. The van der Waals surface area contributed by atoms with Crippen molar-refractivity contribution in [2.45, 2.75) is 20.8 Å². The molecule has 1 N–H and O–H groups in total. The van der Waals surface area contributed by atoms with Gasteiger partial charge in [-0.05, 0) is 18.6 Å². The monoisotopic (exact) mass is 260 g/mol. The highest BCUT2D eigenvalue weighted by Gasteiger charge is 2.27. The van der Waals surface area contributed by atoms with Gasteiger partial charge in [-0.25, -0.2) is 0 Å². The summed E-state index contributed by atoms with van der Waals surface area (Å²) in [5.41, 5.74) is 0.852. The van der Waals surface area contributed by atoms with E-state index in [0.29, 0.717) is 9.21 Å². The number of carboxylic acids is 1. The van der Waals surface area contributed by atoms with E-state index in [2.05, 4.69) is 0 Å². The minimum absolute atomic E-state index is 0.157. The third-order valence-electron chi connectivity index (χ3n) is 2.65. The van der Waals surface area contributed by atoms with E-state index in [4.69, 9.17) is 16.7 Å². The van der Waals surface area contributed by atoms with Crippen molar-refractivity contribution in [3.8, 4) is 0 Å². The van der Waals surface area contributed by atoms with E-state index in [-0.39, 0.29) is 5.78 Å². The molecule has 0 spiro atoms. The first-order chi connectivity index (χ1) is 7.34. The van der Waals surface area contributed by atoms with Crippen molar-refractivity contribution in [1.82, 2.24) is 0 Å². The Kier molecular flexibility index (Phi) is 4.10. The highest BCUT2D eigenvalue weighted by atomic mass is 35.5. The van der Waals surface area contributed by atoms with Crippen LogP contribution in [0.15, 0.2) is 6.07 Å². The lowest BCUT2D eigenvalue weighted by molar-refractivity contribution is -0.142. The van der Waals surface area contributed by atoms with Gasteiger partial charge in [-0.1, -0.05) is 25.4 Å². The van der Waals surface area contributed by atoms with Crippen LogP contribution in [0, 0.1) is 18.8 Å². The van der Waals surface area contributed by atoms with Crippen LogP contribution < -0.4 is 0 Å². The smallest absolute Gasteiger partial charge is 0.306 e. The number of hydrogen-bond donors (Lipinski definition) is 1. The molecule has 5 heteroatoms. The van der Waals surface area contributed by atoms with Crippen molar-refractivity contribution >= 4 is 34.7 Å². The lowest BCUT2D eigenvalue weighted by Gasteiger charge is -2.13. The van der Waals surface area contributed by atoms with E-state index in [1.807, 2.05) is 6.92 Å². The van der Waals surface area contributed by atoms with Gasteiger partial charge in [0.25, 0.3) is 0 Å². The summed E-state index contributed by atoms with van der Waals surface area (Å²) in [5, 5.41) is 8.83. The highest BCUT2D eigenvalue weighted by Crippen LogP contribution is 2.30. The zero-order valence-electron chi connectivity index (χ0n) is 9.28. The predicted octanol–water partition coefficient (Wildman–Crippen LogP) is 3.25. The maximum atomic E-state index is 11.9. The molecule has 88 valence electrons. The Morgan fingerprint density at radius 3 is 2.31 bits per heavy atom. The summed E-state index contributed by atoms with van der Waals surface area (Å²) >= 11 is 7.07. The quantitative estimate of drug-likeness (QED) is 0.846. The normalized spacial score (nSPS) is 14.5. The van der Waals surface area contributed by atoms with Crippen LogP contribution >= 0.6 is 22.9 Å². The molecule has 0 aliphatic carbocycles. The van der Waals surface area contributed by atoms with Crippen LogP contribution in [0.25, 0.3) is 0 Å². The predicted molar refractivity (Wildman–Crippen MR) is 64.4 cm³/mol. The molecule has 2 unspecified atom stereocenters. The molecule has 0 aromatic carbocycles. The van der Waals surface area contributed by atoms with Crippen LogP contribution in [0.5, 0.6) is 0 Å². The minimum atomic E-state index is -0.958. The van der Waals surface area contributed by atoms with Gasteiger partial charge in [0.2, 0.25) is 0 Å². The maximum absolute atomic E-state index is 11.9. The molecule has 0 aliphatic heterocycles. The Morgan fingerprint density at radius 1 is 1.38 bits per heavy atom. The topological polar surface area (TPSA) is 54.4 Å². The fourth-order valence-electron chi connectivity index (χ4n) is 1.25. The van der Waals surface area contributed by atoms with Crippen LogP contribution in [0.2, 0.25) is 4.34 Å². The summed E-state index contributed by atoms with van der Waals surface area (Å²) in [6, 6.07) is 1.71. The number of carbonyl (C=O) groups is 2. The molecule has 0 bridgehead atoms. The van der Waals surface area contributed by atoms with Crippen LogP contribution in [-0.2, 0) is 4.79 Å². The van der Waals surface area contributed by atoms with E-state index >= 15 is 0 Å². The molecular weight excluding hydrogens is 248 g/mol. The summed E-state index contributed by atoms with van der Waals surface area (Å²) in [6.07, 6.45) is 0. The second-order valence-corrected chi connectivity index (χ2v) is 5.50. The number of carbonyl (C=O) groups excluding carboxylic acids is 1. The Balaban J connectivity index is 2.90. The lowest BCUT2D eigenvalue weighted by Crippen LogP contribution is -2.24. The molecule has 2 atom stereocenters. The maximum Gasteiger partial charge on any atom is 0.306 e. The van der Waals surface area contributed by atoms with Gasteiger partial charge in [-0.15, -0.1) is 11.3 Å². The number of halogens is 1.